The molecule has 5 heteroatoms. The van der Waals surface area contributed by atoms with Crippen LogP contribution >= 0.6 is 0 Å². The molecule has 1 aliphatic heterocycles. The summed E-state index contributed by atoms with van der Waals surface area (Å²) < 4.78 is 5.55. The van der Waals surface area contributed by atoms with Crippen molar-refractivity contribution in [1.82, 2.24) is 10.3 Å². The number of hydrogen-bond acceptors (Lipinski definition) is 4. The second kappa shape index (κ2) is 8.50. The molecule has 1 N–H and O–H groups in total. The number of benzene rings is 3. The van der Waals surface area contributed by atoms with Gasteiger partial charge in [0.05, 0.1) is 31.5 Å². The summed E-state index contributed by atoms with van der Waals surface area (Å²) in [4.78, 5) is 17.4. The minimum Gasteiger partial charge on any atom is -0.375 e. The number of nitrogens with zero attached hydrogens (tertiary/aromatic N) is 2. The Morgan fingerprint density at radius 2 is 1.91 bits per heavy atom. The molecule has 1 aliphatic rings. The van der Waals surface area contributed by atoms with Crippen LogP contribution in [0.25, 0.3) is 21.9 Å². The van der Waals surface area contributed by atoms with Gasteiger partial charge in [0.25, 0.3) is 5.91 Å². The van der Waals surface area contributed by atoms with Gasteiger partial charge in [-0.2, -0.15) is 5.26 Å². The van der Waals surface area contributed by atoms with Crippen molar-refractivity contribution < 1.29 is 9.53 Å². The van der Waals surface area contributed by atoms with E-state index in [2.05, 4.69) is 46.7 Å². The first-order chi connectivity index (χ1) is 16.1. The maximum atomic E-state index is 12.9. The van der Waals surface area contributed by atoms with Crippen LogP contribution in [0.15, 0.2) is 79.0 Å². The Labute approximate surface area is 192 Å². The van der Waals surface area contributed by atoms with Crippen molar-refractivity contribution in [3.05, 3.63) is 101 Å². The third-order valence-electron chi connectivity index (χ3n) is 6.18. The fourth-order valence-corrected chi connectivity index (χ4v) is 4.26. The highest BCUT2D eigenvalue weighted by Crippen LogP contribution is 2.32. The van der Waals surface area contributed by atoms with Crippen LogP contribution in [0.2, 0.25) is 0 Å². The molecular formula is C28H23N3O2. The van der Waals surface area contributed by atoms with E-state index in [-0.39, 0.29) is 5.91 Å². The standard InChI is InChI=1S/C28H23N3O2/c1-28(17-29)18-33-16-23-10-8-21(13-26(23)28)27(32)31-15-25-12-24-11-20(7-9-22(24)14-30-25)19-5-3-2-4-6-19/h2-14H,15-16,18H2,1H3,(H,31,32)/t28-/m1/s1. The Morgan fingerprint density at radius 3 is 2.73 bits per heavy atom. The fourth-order valence-electron chi connectivity index (χ4n) is 4.26. The Hall–Kier alpha value is -4.01. The quantitative estimate of drug-likeness (QED) is 0.483. The second-order valence-electron chi connectivity index (χ2n) is 8.59. The third-order valence-corrected chi connectivity index (χ3v) is 6.18. The molecule has 1 amide bonds. The lowest BCUT2D eigenvalue weighted by molar-refractivity contribution is 0.0757. The van der Waals surface area contributed by atoms with Gasteiger partial charge in [-0.3, -0.25) is 9.78 Å². The van der Waals surface area contributed by atoms with Crippen molar-refractivity contribution in [2.45, 2.75) is 25.5 Å². The van der Waals surface area contributed by atoms with Crippen LogP contribution in [-0.2, 0) is 23.3 Å². The first kappa shape index (κ1) is 20.9. The lowest BCUT2D eigenvalue weighted by atomic mass is 9.79. The van der Waals surface area contributed by atoms with E-state index >= 15 is 0 Å². The molecule has 0 saturated heterocycles. The summed E-state index contributed by atoms with van der Waals surface area (Å²) in [6.45, 7) is 2.95. The zero-order chi connectivity index (χ0) is 22.8. The number of carbonyl (C=O) groups is 1. The Morgan fingerprint density at radius 1 is 1.06 bits per heavy atom. The highest BCUT2D eigenvalue weighted by molar-refractivity contribution is 5.94. The first-order valence-electron chi connectivity index (χ1n) is 10.9. The smallest absolute Gasteiger partial charge is 0.251 e. The number of carbonyl (C=O) groups excluding carboxylic acids is 1. The minimum absolute atomic E-state index is 0.190. The summed E-state index contributed by atoms with van der Waals surface area (Å²) >= 11 is 0. The first-order valence-corrected chi connectivity index (χ1v) is 10.9. The number of hydrogen-bond donors (Lipinski definition) is 1. The van der Waals surface area contributed by atoms with Crippen LogP contribution in [0.1, 0.15) is 34.1 Å². The maximum Gasteiger partial charge on any atom is 0.251 e. The summed E-state index contributed by atoms with van der Waals surface area (Å²) in [6.07, 6.45) is 1.84. The summed E-state index contributed by atoms with van der Waals surface area (Å²) in [7, 11) is 0. The largest absolute Gasteiger partial charge is 0.375 e. The van der Waals surface area contributed by atoms with Gasteiger partial charge in [-0.25, -0.2) is 0 Å². The van der Waals surface area contributed by atoms with Crippen LogP contribution in [0.3, 0.4) is 0 Å². The molecule has 162 valence electrons. The molecule has 1 atom stereocenters. The summed E-state index contributed by atoms with van der Waals surface area (Å²) in [5.41, 5.74) is 4.68. The van der Waals surface area contributed by atoms with E-state index < -0.39 is 5.41 Å². The predicted octanol–water partition coefficient (Wildman–Crippen LogP) is 5.14. The summed E-state index contributed by atoms with van der Waals surface area (Å²) in [5.74, 6) is -0.190. The average Bonchev–Trinajstić information content (AvgIpc) is 2.87. The molecule has 0 saturated carbocycles. The van der Waals surface area contributed by atoms with Gasteiger partial charge in [0.1, 0.15) is 5.41 Å². The normalized spacial score (nSPS) is 17.2. The van der Waals surface area contributed by atoms with Gasteiger partial charge in [0, 0.05) is 17.1 Å². The van der Waals surface area contributed by atoms with E-state index in [1.165, 1.54) is 0 Å². The van der Waals surface area contributed by atoms with Gasteiger partial charge in [0.2, 0.25) is 0 Å². The van der Waals surface area contributed by atoms with Gasteiger partial charge < -0.3 is 10.1 Å². The highest BCUT2D eigenvalue weighted by Gasteiger charge is 2.33. The Bertz CT molecular complexity index is 1390. The number of aromatic nitrogens is 1. The maximum absolute atomic E-state index is 12.9. The van der Waals surface area contributed by atoms with Crippen LogP contribution in [-0.4, -0.2) is 17.5 Å². The van der Waals surface area contributed by atoms with Crippen LogP contribution in [0, 0.1) is 11.3 Å². The lowest BCUT2D eigenvalue weighted by Crippen LogP contribution is -2.33. The second-order valence-corrected chi connectivity index (χ2v) is 8.59. The average molecular weight is 434 g/mol. The molecule has 3 aromatic carbocycles. The zero-order valence-corrected chi connectivity index (χ0v) is 18.3. The number of ether oxygens (including phenoxy) is 1. The molecule has 5 rings (SSSR count). The van der Waals surface area contributed by atoms with Gasteiger partial charge in [-0.15, -0.1) is 0 Å². The predicted molar refractivity (Wildman–Crippen MR) is 127 cm³/mol. The van der Waals surface area contributed by atoms with Crippen LogP contribution in [0.5, 0.6) is 0 Å². The van der Waals surface area contributed by atoms with Gasteiger partial charge in [-0.05, 0) is 58.8 Å². The number of pyridine rings is 1. The third kappa shape index (κ3) is 4.09. The SMILES string of the molecule is C[C@@]1(C#N)COCc2ccc(C(=O)NCc3cc4cc(-c5ccccc5)ccc4cn3)cc21. The molecule has 0 unspecified atom stereocenters. The monoisotopic (exact) mass is 433 g/mol. The van der Waals surface area contributed by atoms with Crippen molar-refractivity contribution in [1.29, 1.82) is 5.26 Å². The molecule has 1 aromatic heterocycles. The highest BCUT2D eigenvalue weighted by atomic mass is 16.5. The topological polar surface area (TPSA) is 75.0 Å². The molecule has 0 aliphatic carbocycles. The summed E-state index contributed by atoms with van der Waals surface area (Å²) in [5, 5.41) is 14.7. The molecular weight excluding hydrogens is 410 g/mol. The molecule has 0 radical (unpaired) electrons. The van der Waals surface area contributed by atoms with Gasteiger partial charge in [-0.1, -0.05) is 48.5 Å². The van der Waals surface area contributed by atoms with Gasteiger partial charge in [0.15, 0.2) is 0 Å². The van der Waals surface area contributed by atoms with E-state index in [1.807, 2.05) is 49.5 Å². The molecule has 5 nitrogen and oxygen atoms in total. The van der Waals surface area contributed by atoms with Crippen LogP contribution in [0.4, 0.5) is 0 Å². The zero-order valence-electron chi connectivity index (χ0n) is 18.3. The van der Waals surface area contributed by atoms with E-state index in [4.69, 9.17) is 4.74 Å². The van der Waals surface area contributed by atoms with Crippen molar-refractivity contribution in [3.63, 3.8) is 0 Å². The number of rotatable bonds is 4. The van der Waals surface area contributed by atoms with E-state index in [1.54, 1.807) is 6.07 Å². The minimum atomic E-state index is -0.750. The number of fused-ring (bicyclic) bond motifs is 2. The molecule has 33 heavy (non-hydrogen) atoms. The van der Waals surface area contributed by atoms with E-state index in [9.17, 15) is 10.1 Å². The van der Waals surface area contributed by atoms with Crippen molar-refractivity contribution >= 4 is 16.7 Å². The number of nitrogens with one attached hydrogen (secondary N) is 1. The van der Waals surface area contributed by atoms with E-state index in [0.29, 0.717) is 25.3 Å². The van der Waals surface area contributed by atoms with Gasteiger partial charge >= 0.3 is 0 Å². The van der Waals surface area contributed by atoms with Crippen molar-refractivity contribution in [2.24, 2.45) is 0 Å². The number of amides is 1. The fraction of sp³-hybridized carbons (Fsp3) is 0.179. The summed E-state index contributed by atoms with van der Waals surface area (Å²) in [6, 6.07) is 26.4. The van der Waals surface area contributed by atoms with Crippen molar-refractivity contribution in [3.8, 4) is 17.2 Å². The van der Waals surface area contributed by atoms with E-state index in [0.717, 1.165) is 38.7 Å². The number of nitriles is 1. The molecule has 0 fully saturated rings. The lowest BCUT2D eigenvalue weighted by Gasteiger charge is -2.30. The Kier molecular flexibility index (Phi) is 5.37. The molecule has 2 heterocycles. The molecule has 0 bridgehead atoms. The Balaban J connectivity index is 1.35. The van der Waals surface area contributed by atoms with Crippen molar-refractivity contribution in [2.75, 3.05) is 6.61 Å². The molecule has 0 spiro atoms. The van der Waals surface area contributed by atoms with Crippen LogP contribution < -0.4 is 5.32 Å². The molecule has 4 aromatic rings.